The van der Waals surface area contributed by atoms with Crippen molar-refractivity contribution in [2.45, 2.75) is 17.7 Å². The number of likely N-dealkylation sites (N-methyl/N-ethyl adjacent to an activating group) is 1. The van der Waals surface area contributed by atoms with Crippen molar-refractivity contribution < 1.29 is 13.2 Å². The summed E-state index contributed by atoms with van der Waals surface area (Å²) in [5, 5.41) is 0. The lowest BCUT2D eigenvalue weighted by atomic mass is 10.3. The molecule has 1 saturated heterocycles. The van der Waals surface area contributed by atoms with Gasteiger partial charge in [0.2, 0.25) is 15.9 Å². The maximum Gasteiger partial charge on any atom is 0.245 e. The van der Waals surface area contributed by atoms with Crippen LogP contribution in [0.5, 0.6) is 0 Å². The summed E-state index contributed by atoms with van der Waals surface area (Å²) in [5.41, 5.74) is 5.91. The first-order valence-electron chi connectivity index (χ1n) is 6.61. The van der Waals surface area contributed by atoms with E-state index >= 15 is 0 Å². The van der Waals surface area contributed by atoms with E-state index in [0.29, 0.717) is 17.6 Å². The van der Waals surface area contributed by atoms with Crippen LogP contribution in [0.15, 0.2) is 27.6 Å². The fraction of sp³-hybridized carbons (Fsp3) is 0.462. The number of carbonyl (C=O) groups is 1. The highest BCUT2D eigenvalue weighted by Crippen LogP contribution is 2.25. The highest BCUT2D eigenvalue weighted by molar-refractivity contribution is 9.10. The molecule has 1 aliphatic heterocycles. The predicted molar refractivity (Wildman–Crippen MR) is 84.2 cm³/mol. The monoisotopic (exact) mass is 375 g/mol. The van der Waals surface area contributed by atoms with Gasteiger partial charge < -0.3 is 10.6 Å². The van der Waals surface area contributed by atoms with Crippen molar-refractivity contribution in [1.29, 1.82) is 0 Å². The number of nitrogen functional groups attached to an aromatic ring is 1. The van der Waals surface area contributed by atoms with Gasteiger partial charge in [0.1, 0.15) is 4.90 Å². The topological polar surface area (TPSA) is 83.7 Å². The zero-order chi connectivity index (χ0) is 15.6. The molecule has 0 unspecified atom stereocenters. The minimum atomic E-state index is -3.79. The Morgan fingerprint density at radius 2 is 2.00 bits per heavy atom. The molecule has 0 saturated carbocycles. The Bertz CT molecular complexity index is 642. The van der Waals surface area contributed by atoms with E-state index in [1.165, 1.54) is 19.2 Å². The Hall–Kier alpha value is -1.12. The molecule has 0 atom stereocenters. The van der Waals surface area contributed by atoms with Gasteiger partial charge in [0.05, 0.1) is 12.2 Å². The van der Waals surface area contributed by atoms with Gasteiger partial charge in [-0.3, -0.25) is 4.79 Å². The number of halogens is 1. The Labute approximate surface area is 133 Å². The van der Waals surface area contributed by atoms with Crippen molar-refractivity contribution in [3.8, 4) is 0 Å². The minimum Gasteiger partial charge on any atom is -0.398 e. The second-order valence-corrected chi connectivity index (χ2v) is 7.96. The SMILES string of the molecule is CN(CC(=O)N1CCCC1)S(=O)(=O)c1cc(Br)ccc1N. The first kappa shape index (κ1) is 16.3. The second-order valence-electron chi connectivity index (χ2n) is 5.03. The van der Waals surface area contributed by atoms with Crippen molar-refractivity contribution in [3.63, 3.8) is 0 Å². The molecule has 8 heteroatoms. The largest absolute Gasteiger partial charge is 0.398 e. The van der Waals surface area contributed by atoms with Crippen molar-refractivity contribution >= 4 is 37.5 Å². The van der Waals surface area contributed by atoms with E-state index in [2.05, 4.69) is 15.9 Å². The van der Waals surface area contributed by atoms with Gasteiger partial charge >= 0.3 is 0 Å². The number of sulfonamides is 1. The Kier molecular flexibility index (Phi) is 4.90. The van der Waals surface area contributed by atoms with Crippen LogP contribution in [-0.2, 0) is 14.8 Å². The number of hydrogen-bond donors (Lipinski definition) is 1. The van der Waals surface area contributed by atoms with E-state index < -0.39 is 10.0 Å². The normalized spacial score (nSPS) is 15.7. The third-order valence-corrected chi connectivity index (χ3v) is 5.83. The molecule has 1 fully saturated rings. The molecule has 1 amide bonds. The fourth-order valence-corrected chi connectivity index (χ4v) is 4.01. The standard InChI is InChI=1S/C13H18BrN3O3S/c1-16(9-13(18)17-6-2-3-7-17)21(19,20)12-8-10(14)4-5-11(12)15/h4-5,8H,2-3,6-7,9,15H2,1H3. The van der Waals surface area contributed by atoms with Crippen LogP contribution in [0.4, 0.5) is 5.69 Å². The van der Waals surface area contributed by atoms with Crippen LogP contribution in [0.3, 0.4) is 0 Å². The average molecular weight is 376 g/mol. The predicted octanol–water partition coefficient (Wildman–Crippen LogP) is 1.27. The van der Waals surface area contributed by atoms with Crippen LogP contribution in [0, 0.1) is 0 Å². The third-order valence-electron chi connectivity index (χ3n) is 3.48. The number of benzene rings is 1. The van der Waals surface area contributed by atoms with Crippen molar-refractivity contribution in [1.82, 2.24) is 9.21 Å². The van der Waals surface area contributed by atoms with Crippen LogP contribution in [0.2, 0.25) is 0 Å². The lowest BCUT2D eigenvalue weighted by molar-refractivity contribution is -0.130. The third kappa shape index (κ3) is 3.56. The Morgan fingerprint density at radius 3 is 2.62 bits per heavy atom. The summed E-state index contributed by atoms with van der Waals surface area (Å²) < 4.78 is 26.7. The maximum absolute atomic E-state index is 12.5. The molecule has 6 nitrogen and oxygen atoms in total. The lowest BCUT2D eigenvalue weighted by Crippen LogP contribution is -2.40. The van der Waals surface area contributed by atoms with E-state index in [9.17, 15) is 13.2 Å². The van der Waals surface area contributed by atoms with E-state index in [1.54, 1.807) is 11.0 Å². The molecule has 0 radical (unpaired) electrons. The van der Waals surface area contributed by atoms with E-state index in [4.69, 9.17) is 5.73 Å². The average Bonchev–Trinajstić information content (AvgIpc) is 2.95. The number of amides is 1. The van der Waals surface area contributed by atoms with E-state index in [1.807, 2.05) is 0 Å². The molecular weight excluding hydrogens is 358 g/mol. The van der Waals surface area contributed by atoms with Gasteiger partial charge in [-0.1, -0.05) is 15.9 Å². The van der Waals surface area contributed by atoms with Gasteiger partial charge in [0, 0.05) is 24.6 Å². The van der Waals surface area contributed by atoms with Crippen LogP contribution in [0.25, 0.3) is 0 Å². The highest BCUT2D eigenvalue weighted by atomic mass is 79.9. The zero-order valence-electron chi connectivity index (χ0n) is 11.8. The molecule has 0 spiro atoms. The second kappa shape index (κ2) is 6.33. The molecule has 0 aromatic heterocycles. The summed E-state index contributed by atoms with van der Waals surface area (Å²) in [6, 6.07) is 4.64. The maximum atomic E-state index is 12.5. The number of likely N-dealkylation sites (tertiary alicyclic amines) is 1. The molecule has 1 aromatic carbocycles. The first-order chi connectivity index (χ1) is 9.82. The summed E-state index contributed by atoms with van der Waals surface area (Å²) >= 11 is 3.23. The van der Waals surface area contributed by atoms with Gasteiger partial charge in [-0.25, -0.2) is 8.42 Å². The van der Waals surface area contributed by atoms with Crippen LogP contribution < -0.4 is 5.73 Å². The van der Waals surface area contributed by atoms with E-state index in [0.717, 1.165) is 17.1 Å². The lowest BCUT2D eigenvalue weighted by Gasteiger charge is -2.21. The molecule has 116 valence electrons. The van der Waals surface area contributed by atoms with Gasteiger partial charge in [0.25, 0.3) is 0 Å². The summed E-state index contributed by atoms with van der Waals surface area (Å²) in [6.07, 6.45) is 1.95. The molecule has 1 aliphatic rings. The van der Waals surface area contributed by atoms with Crippen molar-refractivity contribution in [2.24, 2.45) is 0 Å². The first-order valence-corrected chi connectivity index (χ1v) is 8.85. The molecular formula is C13H18BrN3O3S. The van der Waals surface area contributed by atoms with Gasteiger partial charge in [-0.15, -0.1) is 0 Å². The molecule has 0 aliphatic carbocycles. The summed E-state index contributed by atoms with van der Waals surface area (Å²) in [5.74, 6) is -0.174. The molecule has 2 N–H and O–H groups in total. The number of hydrogen-bond acceptors (Lipinski definition) is 4. The quantitative estimate of drug-likeness (QED) is 0.803. The number of nitrogens with two attached hydrogens (primary N) is 1. The Balaban J connectivity index is 2.18. The van der Waals surface area contributed by atoms with Gasteiger partial charge in [-0.05, 0) is 31.0 Å². The number of nitrogens with zero attached hydrogens (tertiary/aromatic N) is 2. The number of anilines is 1. The molecule has 21 heavy (non-hydrogen) atoms. The van der Waals surface area contributed by atoms with Crippen molar-refractivity contribution in [2.75, 3.05) is 32.4 Å². The Morgan fingerprint density at radius 1 is 1.38 bits per heavy atom. The number of carbonyl (C=O) groups excluding carboxylic acids is 1. The highest BCUT2D eigenvalue weighted by Gasteiger charge is 2.27. The minimum absolute atomic E-state index is 0.00796. The fourth-order valence-electron chi connectivity index (χ4n) is 2.24. The van der Waals surface area contributed by atoms with Crippen LogP contribution in [0.1, 0.15) is 12.8 Å². The number of rotatable bonds is 4. The smallest absolute Gasteiger partial charge is 0.245 e. The van der Waals surface area contributed by atoms with Crippen LogP contribution >= 0.6 is 15.9 Å². The molecule has 2 rings (SSSR count). The summed E-state index contributed by atoms with van der Waals surface area (Å²) in [6.45, 7) is 1.23. The molecule has 1 aromatic rings. The van der Waals surface area contributed by atoms with Gasteiger partial charge in [-0.2, -0.15) is 4.31 Å². The van der Waals surface area contributed by atoms with Crippen molar-refractivity contribution in [3.05, 3.63) is 22.7 Å². The summed E-state index contributed by atoms with van der Waals surface area (Å²) in [4.78, 5) is 13.8. The van der Waals surface area contributed by atoms with Crippen LogP contribution in [-0.4, -0.2) is 50.2 Å². The summed E-state index contributed by atoms with van der Waals surface area (Å²) in [7, 11) is -2.39. The zero-order valence-corrected chi connectivity index (χ0v) is 14.2. The molecule has 0 bridgehead atoms. The van der Waals surface area contributed by atoms with E-state index in [-0.39, 0.29) is 23.0 Å². The molecule has 1 heterocycles. The van der Waals surface area contributed by atoms with Gasteiger partial charge in [0.15, 0.2) is 0 Å².